The molecule has 1 rings (SSSR count). The van der Waals surface area contributed by atoms with Crippen molar-refractivity contribution >= 4 is 17.7 Å². The molecule has 0 saturated carbocycles. The lowest BCUT2D eigenvalue weighted by atomic mass is 10.5. The highest BCUT2D eigenvalue weighted by atomic mass is 32.2. The fourth-order valence-electron chi connectivity index (χ4n) is 0.691. The molecule has 5 heteroatoms. The predicted molar refractivity (Wildman–Crippen MR) is 47.2 cm³/mol. The summed E-state index contributed by atoms with van der Waals surface area (Å²) < 4.78 is 12.4. The summed E-state index contributed by atoms with van der Waals surface area (Å²) in [6.07, 6.45) is 1.20. The lowest BCUT2D eigenvalue weighted by Crippen LogP contribution is -1.96. The molecule has 0 radical (unpaired) electrons. The number of aromatic nitrogens is 1. The van der Waals surface area contributed by atoms with Gasteiger partial charge in [0.2, 0.25) is 0 Å². The molecule has 0 fully saturated rings. The highest BCUT2D eigenvalue weighted by Gasteiger charge is 1.99. The molecule has 0 unspecified atom stereocenters. The van der Waals surface area contributed by atoms with Gasteiger partial charge in [0.05, 0.1) is 17.6 Å². The zero-order valence-electron chi connectivity index (χ0n) is 6.74. The van der Waals surface area contributed by atoms with E-state index in [0.717, 1.165) is 6.20 Å². The molecule has 0 aliphatic rings. The highest BCUT2D eigenvalue weighted by Crippen LogP contribution is 2.15. The summed E-state index contributed by atoms with van der Waals surface area (Å²) >= 11 is 1.30. The van der Waals surface area contributed by atoms with Gasteiger partial charge in [-0.2, -0.15) is 0 Å². The van der Waals surface area contributed by atoms with Crippen LogP contribution in [0.1, 0.15) is 6.42 Å². The van der Waals surface area contributed by atoms with Crippen LogP contribution in [0, 0.1) is 5.82 Å². The maximum absolute atomic E-state index is 12.4. The average molecular weight is 201 g/mol. The van der Waals surface area contributed by atoms with Crippen molar-refractivity contribution in [2.45, 2.75) is 11.4 Å². The Kier molecular flexibility index (Phi) is 3.70. The van der Waals surface area contributed by atoms with E-state index in [0.29, 0.717) is 10.8 Å². The normalized spacial score (nSPS) is 9.92. The molecule has 0 aromatic carbocycles. The van der Waals surface area contributed by atoms with Crippen LogP contribution in [0.2, 0.25) is 0 Å². The minimum atomic E-state index is -0.838. The summed E-state index contributed by atoms with van der Waals surface area (Å²) in [5, 5.41) is 8.98. The van der Waals surface area contributed by atoms with E-state index in [9.17, 15) is 9.18 Å². The van der Waals surface area contributed by atoms with Gasteiger partial charge in [-0.3, -0.25) is 4.79 Å². The predicted octanol–water partition coefficient (Wildman–Crippen LogP) is 1.79. The molecular formula is C8H8FNO2S. The van der Waals surface area contributed by atoms with E-state index in [4.69, 9.17) is 5.11 Å². The summed E-state index contributed by atoms with van der Waals surface area (Å²) in [6, 6.07) is 2.83. The molecule has 13 heavy (non-hydrogen) atoms. The summed E-state index contributed by atoms with van der Waals surface area (Å²) in [7, 11) is 0. The van der Waals surface area contributed by atoms with Crippen LogP contribution in [-0.2, 0) is 4.79 Å². The van der Waals surface area contributed by atoms with Crippen LogP contribution in [0.25, 0.3) is 0 Å². The number of thioether (sulfide) groups is 1. The number of carboxylic acids is 1. The van der Waals surface area contributed by atoms with Crippen LogP contribution >= 0.6 is 11.8 Å². The van der Waals surface area contributed by atoms with Crippen molar-refractivity contribution in [1.82, 2.24) is 4.98 Å². The molecule has 1 aromatic heterocycles. The van der Waals surface area contributed by atoms with Gasteiger partial charge in [0.15, 0.2) is 0 Å². The van der Waals surface area contributed by atoms with Crippen molar-refractivity contribution in [2.75, 3.05) is 5.75 Å². The molecule has 0 amide bonds. The van der Waals surface area contributed by atoms with Crippen LogP contribution in [0.3, 0.4) is 0 Å². The van der Waals surface area contributed by atoms with Gasteiger partial charge in [0.25, 0.3) is 0 Å². The van der Waals surface area contributed by atoms with E-state index in [1.807, 2.05) is 0 Å². The SMILES string of the molecule is O=C(O)CCSc1ccc(F)cn1. The highest BCUT2D eigenvalue weighted by molar-refractivity contribution is 7.99. The Morgan fingerprint density at radius 2 is 2.38 bits per heavy atom. The van der Waals surface area contributed by atoms with Gasteiger partial charge in [0, 0.05) is 5.75 Å². The minimum Gasteiger partial charge on any atom is -0.481 e. The quantitative estimate of drug-likeness (QED) is 0.754. The number of aliphatic carboxylic acids is 1. The molecule has 3 nitrogen and oxygen atoms in total. The summed E-state index contributed by atoms with van der Waals surface area (Å²) in [5.41, 5.74) is 0. The van der Waals surface area contributed by atoms with Gasteiger partial charge in [-0.05, 0) is 12.1 Å². The smallest absolute Gasteiger partial charge is 0.304 e. The van der Waals surface area contributed by atoms with E-state index in [-0.39, 0.29) is 12.2 Å². The van der Waals surface area contributed by atoms with Crippen molar-refractivity contribution in [3.05, 3.63) is 24.1 Å². The van der Waals surface area contributed by atoms with Gasteiger partial charge < -0.3 is 5.11 Å². The molecule has 0 aliphatic heterocycles. The number of pyridine rings is 1. The number of hydrogen-bond acceptors (Lipinski definition) is 3. The van der Waals surface area contributed by atoms with E-state index in [1.165, 1.54) is 23.9 Å². The largest absolute Gasteiger partial charge is 0.481 e. The number of hydrogen-bond donors (Lipinski definition) is 1. The van der Waals surface area contributed by atoms with Gasteiger partial charge in [-0.15, -0.1) is 11.8 Å². The Morgan fingerprint density at radius 1 is 1.62 bits per heavy atom. The molecule has 1 heterocycles. The zero-order valence-corrected chi connectivity index (χ0v) is 7.55. The third-order valence-corrected chi connectivity index (χ3v) is 2.21. The first-order chi connectivity index (χ1) is 6.18. The van der Waals surface area contributed by atoms with Crippen molar-refractivity contribution in [2.24, 2.45) is 0 Å². The third-order valence-electron chi connectivity index (χ3n) is 1.27. The van der Waals surface area contributed by atoms with Gasteiger partial charge in [0.1, 0.15) is 5.82 Å². The fraction of sp³-hybridized carbons (Fsp3) is 0.250. The maximum Gasteiger partial charge on any atom is 0.304 e. The Balaban J connectivity index is 2.37. The fourth-order valence-corrected chi connectivity index (χ4v) is 1.47. The zero-order chi connectivity index (χ0) is 9.68. The molecule has 70 valence electrons. The first kappa shape index (κ1) is 9.98. The second-order valence-corrected chi connectivity index (χ2v) is 3.42. The van der Waals surface area contributed by atoms with E-state index in [2.05, 4.69) is 4.98 Å². The number of rotatable bonds is 4. The number of carbonyl (C=O) groups is 1. The summed E-state index contributed by atoms with van der Waals surface area (Å²) in [4.78, 5) is 13.9. The van der Waals surface area contributed by atoms with Crippen molar-refractivity contribution in [3.8, 4) is 0 Å². The molecule has 0 atom stereocenters. The number of nitrogens with zero attached hydrogens (tertiary/aromatic N) is 1. The molecule has 0 spiro atoms. The van der Waals surface area contributed by atoms with E-state index >= 15 is 0 Å². The minimum absolute atomic E-state index is 0.0870. The Morgan fingerprint density at radius 3 is 2.92 bits per heavy atom. The maximum atomic E-state index is 12.4. The number of halogens is 1. The van der Waals surface area contributed by atoms with Crippen molar-refractivity contribution < 1.29 is 14.3 Å². The first-order valence-corrected chi connectivity index (χ1v) is 4.63. The molecule has 0 bridgehead atoms. The molecular weight excluding hydrogens is 193 g/mol. The van der Waals surface area contributed by atoms with Crippen LogP contribution in [0.15, 0.2) is 23.4 Å². The Labute approximate surface area is 79.0 Å². The summed E-state index contributed by atoms with van der Waals surface area (Å²) in [5.74, 6) is -0.772. The lowest BCUT2D eigenvalue weighted by molar-refractivity contribution is -0.136. The molecule has 1 N–H and O–H groups in total. The second-order valence-electron chi connectivity index (χ2n) is 2.31. The monoisotopic (exact) mass is 201 g/mol. The third kappa shape index (κ3) is 3.89. The van der Waals surface area contributed by atoms with Gasteiger partial charge >= 0.3 is 5.97 Å². The van der Waals surface area contributed by atoms with Crippen molar-refractivity contribution in [3.63, 3.8) is 0 Å². The average Bonchev–Trinajstić information content (AvgIpc) is 2.08. The van der Waals surface area contributed by atoms with Crippen LogP contribution in [0.5, 0.6) is 0 Å². The number of carboxylic acid groups (broad SMARTS) is 1. The Hall–Kier alpha value is -1.10. The molecule has 0 aliphatic carbocycles. The standard InChI is InChI=1S/C8H8FNO2S/c9-6-1-2-7(10-5-6)13-4-3-8(11)12/h1-2,5H,3-4H2,(H,11,12). The second kappa shape index (κ2) is 4.81. The summed E-state index contributed by atoms with van der Waals surface area (Å²) in [6.45, 7) is 0. The van der Waals surface area contributed by atoms with Crippen molar-refractivity contribution in [1.29, 1.82) is 0 Å². The topological polar surface area (TPSA) is 50.2 Å². The van der Waals surface area contributed by atoms with E-state index in [1.54, 1.807) is 0 Å². The van der Waals surface area contributed by atoms with E-state index < -0.39 is 5.97 Å². The van der Waals surface area contributed by atoms with Crippen LogP contribution in [-0.4, -0.2) is 21.8 Å². The van der Waals surface area contributed by atoms with Crippen LogP contribution in [0.4, 0.5) is 4.39 Å². The molecule has 0 saturated heterocycles. The van der Waals surface area contributed by atoms with Gasteiger partial charge in [-0.1, -0.05) is 0 Å². The Bertz CT molecular complexity index is 289. The van der Waals surface area contributed by atoms with Gasteiger partial charge in [-0.25, -0.2) is 9.37 Å². The molecule has 1 aromatic rings. The lowest BCUT2D eigenvalue weighted by Gasteiger charge is -1.97. The first-order valence-electron chi connectivity index (χ1n) is 3.64. The van der Waals surface area contributed by atoms with Crippen LogP contribution < -0.4 is 0 Å².